The third-order valence-corrected chi connectivity index (χ3v) is 3.38. The van der Waals surface area contributed by atoms with Crippen molar-refractivity contribution in [2.75, 3.05) is 20.2 Å². The van der Waals surface area contributed by atoms with Gasteiger partial charge in [0.25, 0.3) is 5.91 Å². The van der Waals surface area contributed by atoms with Gasteiger partial charge in [0, 0.05) is 30.6 Å². The number of hydrogen-bond acceptors (Lipinski definition) is 4. The Kier molecular flexibility index (Phi) is 4.50. The first-order valence-corrected chi connectivity index (χ1v) is 6.60. The van der Waals surface area contributed by atoms with Gasteiger partial charge in [0.05, 0.1) is 12.1 Å². The molecule has 104 valence electrons. The summed E-state index contributed by atoms with van der Waals surface area (Å²) in [5.41, 5.74) is 2.37. The first kappa shape index (κ1) is 14.0. The van der Waals surface area contributed by atoms with Crippen LogP contribution in [0.2, 0.25) is 0 Å². The molecule has 1 amide bonds. The van der Waals surface area contributed by atoms with E-state index in [1.807, 2.05) is 13.8 Å². The van der Waals surface area contributed by atoms with E-state index in [2.05, 4.69) is 15.6 Å². The molecule has 1 aliphatic heterocycles. The van der Waals surface area contributed by atoms with Gasteiger partial charge in [0.2, 0.25) is 0 Å². The van der Waals surface area contributed by atoms with E-state index in [-0.39, 0.29) is 18.1 Å². The highest BCUT2D eigenvalue weighted by atomic mass is 16.5. The second-order valence-corrected chi connectivity index (χ2v) is 4.99. The number of aromatic nitrogens is 1. The van der Waals surface area contributed by atoms with Crippen LogP contribution in [0.3, 0.4) is 0 Å². The normalized spacial score (nSPS) is 23.1. The number of piperidine rings is 1. The number of rotatable bonds is 3. The fourth-order valence-corrected chi connectivity index (χ4v) is 2.48. The molecule has 2 rings (SSSR count). The van der Waals surface area contributed by atoms with Crippen LogP contribution in [0, 0.1) is 13.8 Å². The topological polar surface area (TPSA) is 63.2 Å². The summed E-state index contributed by atoms with van der Waals surface area (Å²) in [5.74, 6) is -0.0654. The zero-order chi connectivity index (χ0) is 13.8. The number of pyridine rings is 1. The fraction of sp³-hybridized carbons (Fsp3) is 0.571. The molecule has 2 atom stereocenters. The van der Waals surface area contributed by atoms with Gasteiger partial charge in [0.1, 0.15) is 0 Å². The SMILES string of the molecule is CO[C@@H]1CCNC[C@@H]1NC(=O)c1cc(C)nc(C)c1. The number of amides is 1. The molecular weight excluding hydrogens is 242 g/mol. The summed E-state index contributed by atoms with van der Waals surface area (Å²) >= 11 is 0. The van der Waals surface area contributed by atoms with Gasteiger partial charge < -0.3 is 15.4 Å². The molecule has 5 nitrogen and oxygen atoms in total. The number of nitrogens with zero attached hydrogens (tertiary/aromatic N) is 1. The van der Waals surface area contributed by atoms with Gasteiger partial charge in [-0.2, -0.15) is 0 Å². The van der Waals surface area contributed by atoms with E-state index in [1.165, 1.54) is 0 Å². The van der Waals surface area contributed by atoms with Crippen molar-refractivity contribution in [3.05, 3.63) is 29.1 Å². The zero-order valence-corrected chi connectivity index (χ0v) is 11.7. The highest BCUT2D eigenvalue weighted by molar-refractivity contribution is 5.94. The molecule has 5 heteroatoms. The van der Waals surface area contributed by atoms with Crippen molar-refractivity contribution >= 4 is 5.91 Å². The lowest BCUT2D eigenvalue weighted by atomic mass is 10.0. The number of ether oxygens (including phenoxy) is 1. The molecule has 19 heavy (non-hydrogen) atoms. The third kappa shape index (κ3) is 3.52. The third-order valence-electron chi connectivity index (χ3n) is 3.38. The van der Waals surface area contributed by atoms with Crippen LogP contribution in [-0.2, 0) is 4.74 Å². The van der Waals surface area contributed by atoms with Gasteiger partial charge in [0.15, 0.2) is 0 Å². The van der Waals surface area contributed by atoms with Gasteiger partial charge in [-0.1, -0.05) is 0 Å². The summed E-state index contributed by atoms with van der Waals surface area (Å²) < 4.78 is 5.42. The van der Waals surface area contributed by atoms with E-state index >= 15 is 0 Å². The molecule has 0 saturated carbocycles. The van der Waals surface area contributed by atoms with E-state index in [1.54, 1.807) is 19.2 Å². The minimum absolute atomic E-state index is 0.0139. The Hall–Kier alpha value is -1.46. The minimum atomic E-state index is -0.0654. The van der Waals surface area contributed by atoms with Gasteiger partial charge in [-0.25, -0.2) is 0 Å². The standard InChI is InChI=1S/C14H21N3O2/c1-9-6-11(7-10(2)16-9)14(18)17-12-8-15-5-4-13(12)19-3/h6-7,12-13,15H,4-5,8H2,1-3H3,(H,17,18)/t12-,13+/m0/s1. The maximum Gasteiger partial charge on any atom is 0.251 e. The van der Waals surface area contributed by atoms with Crippen molar-refractivity contribution in [2.45, 2.75) is 32.4 Å². The lowest BCUT2D eigenvalue weighted by molar-refractivity contribution is 0.0448. The predicted octanol–water partition coefficient (Wildman–Crippen LogP) is 0.805. The van der Waals surface area contributed by atoms with Crippen molar-refractivity contribution < 1.29 is 9.53 Å². The van der Waals surface area contributed by atoms with Gasteiger partial charge in [-0.15, -0.1) is 0 Å². The molecule has 0 aromatic carbocycles. The average molecular weight is 263 g/mol. The van der Waals surface area contributed by atoms with Crippen LogP contribution in [0.5, 0.6) is 0 Å². The maximum absolute atomic E-state index is 12.3. The summed E-state index contributed by atoms with van der Waals surface area (Å²) in [7, 11) is 1.69. The molecule has 2 N–H and O–H groups in total. The number of hydrogen-bond donors (Lipinski definition) is 2. The molecule has 1 aromatic rings. The molecular formula is C14H21N3O2. The van der Waals surface area contributed by atoms with E-state index < -0.39 is 0 Å². The summed E-state index contributed by atoms with van der Waals surface area (Å²) in [5, 5.41) is 6.31. The first-order valence-electron chi connectivity index (χ1n) is 6.60. The van der Waals surface area contributed by atoms with E-state index in [4.69, 9.17) is 4.74 Å². The van der Waals surface area contributed by atoms with Crippen LogP contribution in [-0.4, -0.2) is 43.2 Å². The molecule has 1 saturated heterocycles. The molecule has 0 bridgehead atoms. The van der Waals surface area contributed by atoms with Crippen LogP contribution in [0.15, 0.2) is 12.1 Å². The van der Waals surface area contributed by atoms with Crippen LogP contribution < -0.4 is 10.6 Å². The Morgan fingerprint density at radius 1 is 1.42 bits per heavy atom. The Bertz CT molecular complexity index is 442. The Labute approximate surface area is 113 Å². The number of carbonyl (C=O) groups excluding carboxylic acids is 1. The lowest BCUT2D eigenvalue weighted by Crippen LogP contribution is -2.54. The smallest absolute Gasteiger partial charge is 0.251 e. The van der Waals surface area contributed by atoms with Gasteiger partial charge in [-0.3, -0.25) is 9.78 Å². The second-order valence-electron chi connectivity index (χ2n) is 4.99. The van der Waals surface area contributed by atoms with Crippen LogP contribution in [0.25, 0.3) is 0 Å². The number of aryl methyl sites for hydroxylation is 2. The molecule has 1 fully saturated rings. The van der Waals surface area contributed by atoms with Crippen LogP contribution in [0.1, 0.15) is 28.2 Å². The monoisotopic (exact) mass is 263 g/mol. The highest BCUT2D eigenvalue weighted by Crippen LogP contribution is 2.10. The second kappa shape index (κ2) is 6.12. The number of nitrogens with one attached hydrogen (secondary N) is 2. The van der Waals surface area contributed by atoms with Gasteiger partial charge in [-0.05, 0) is 38.9 Å². The average Bonchev–Trinajstić information content (AvgIpc) is 2.38. The summed E-state index contributed by atoms with van der Waals surface area (Å²) in [4.78, 5) is 16.5. The Morgan fingerprint density at radius 2 is 2.11 bits per heavy atom. The van der Waals surface area contributed by atoms with Crippen molar-refractivity contribution in [3.63, 3.8) is 0 Å². The number of methoxy groups -OCH3 is 1. The molecule has 0 radical (unpaired) electrons. The Balaban J connectivity index is 2.07. The Morgan fingerprint density at radius 3 is 2.74 bits per heavy atom. The van der Waals surface area contributed by atoms with Crippen molar-refractivity contribution in [1.82, 2.24) is 15.6 Å². The van der Waals surface area contributed by atoms with Gasteiger partial charge >= 0.3 is 0 Å². The largest absolute Gasteiger partial charge is 0.379 e. The quantitative estimate of drug-likeness (QED) is 0.847. The lowest BCUT2D eigenvalue weighted by Gasteiger charge is -2.31. The predicted molar refractivity (Wildman–Crippen MR) is 73.2 cm³/mol. The summed E-state index contributed by atoms with van der Waals surface area (Å²) in [6.45, 7) is 5.46. The fourth-order valence-electron chi connectivity index (χ4n) is 2.48. The molecule has 1 aromatic heterocycles. The summed E-state index contributed by atoms with van der Waals surface area (Å²) in [6.07, 6.45) is 0.991. The molecule has 0 spiro atoms. The van der Waals surface area contributed by atoms with Crippen LogP contribution >= 0.6 is 0 Å². The number of carbonyl (C=O) groups is 1. The molecule has 0 aliphatic carbocycles. The minimum Gasteiger partial charge on any atom is -0.379 e. The van der Waals surface area contributed by atoms with Crippen LogP contribution in [0.4, 0.5) is 0 Å². The molecule has 0 unspecified atom stereocenters. The molecule has 1 aliphatic rings. The van der Waals surface area contributed by atoms with Crippen molar-refractivity contribution in [3.8, 4) is 0 Å². The van der Waals surface area contributed by atoms with E-state index in [0.717, 1.165) is 30.9 Å². The maximum atomic E-state index is 12.3. The molecule has 2 heterocycles. The summed E-state index contributed by atoms with van der Waals surface area (Å²) in [6, 6.07) is 3.63. The van der Waals surface area contributed by atoms with Crippen molar-refractivity contribution in [2.24, 2.45) is 0 Å². The zero-order valence-electron chi connectivity index (χ0n) is 11.7. The highest BCUT2D eigenvalue weighted by Gasteiger charge is 2.26. The van der Waals surface area contributed by atoms with E-state index in [9.17, 15) is 4.79 Å². The van der Waals surface area contributed by atoms with E-state index in [0.29, 0.717) is 5.56 Å². The van der Waals surface area contributed by atoms with Crippen molar-refractivity contribution in [1.29, 1.82) is 0 Å². The first-order chi connectivity index (χ1) is 9.10.